The fraction of sp³-hybridized carbons (Fsp3) is 0.312. The molecule has 2 aromatic heterocycles. The molecular weight excluding hydrogens is 278 g/mol. The summed E-state index contributed by atoms with van der Waals surface area (Å²) in [6.45, 7) is 4.78. The Labute approximate surface area is 128 Å². The van der Waals surface area contributed by atoms with Crippen molar-refractivity contribution in [1.29, 1.82) is 0 Å². The Kier molecular flexibility index (Phi) is 3.91. The van der Waals surface area contributed by atoms with Crippen LogP contribution in [0.1, 0.15) is 30.8 Å². The number of imidazole rings is 1. The van der Waals surface area contributed by atoms with Crippen molar-refractivity contribution in [2.45, 2.75) is 33.2 Å². The highest BCUT2D eigenvalue weighted by Gasteiger charge is 2.04. The number of rotatable bonds is 5. The Morgan fingerprint density at radius 3 is 2.36 bits per heavy atom. The predicted molar refractivity (Wildman–Crippen MR) is 87.0 cm³/mol. The van der Waals surface area contributed by atoms with E-state index in [0.717, 1.165) is 40.8 Å². The molecule has 1 aromatic carbocycles. The first kappa shape index (κ1) is 14.3. The summed E-state index contributed by atoms with van der Waals surface area (Å²) in [6, 6.07) is 7.86. The lowest BCUT2D eigenvalue weighted by molar-refractivity contribution is 0.923. The van der Waals surface area contributed by atoms with Crippen LogP contribution in [0.3, 0.4) is 0 Å². The Morgan fingerprint density at radius 2 is 1.68 bits per heavy atom. The van der Waals surface area contributed by atoms with Gasteiger partial charge in [0.15, 0.2) is 0 Å². The SMILES string of the molecule is CCc1cc(CC)nc(NCc2ccc3[nH]c(=O)[nH]c3c2)n1. The van der Waals surface area contributed by atoms with Gasteiger partial charge in [-0.05, 0) is 36.6 Å². The molecular formula is C16H19N5O. The van der Waals surface area contributed by atoms with Gasteiger partial charge in [0.05, 0.1) is 11.0 Å². The van der Waals surface area contributed by atoms with Gasteiger partial charge in [-0.1, -0.05) is 19.9 Å². The number of aromatic nitrogens is 4. The van der Waals surface area contributed by atoms with Crippen molar-refractivity contribution in [3.8, 4) is 0 Å². The minimum absolute atomic E-state index is 0.188. The molecule has 0 bridgehead atoms. The molecule has 6 nitrogen and oxygen atoms in total. The summed E-state index contributed by atoms with van der Waals surface area (Å²) in [5.74, 6) is 0.652. The average Bonchev–Trinajstić information content (AvgIpc) is 2.91. The van der Waals surface area contributed by atoms with Crippen molar-refractivity contribution in [3.05, 3.63) is 51.7 Å². The van der Waals surface area contributed by atoms with E-state index >= 15 is 0 Å². The van der Waals surface area contributed by atoms with Crippen LogP contribution in [-0.2, 0) is 19.4 Å². The largest absolute Gasteiger partial charge is 0.350 e. The number of nitrogens with zero attached hydrogens (tertiary/aromatic N) is 2. The molecule has 6 heteroatoms. The number of hydrogen-bond donors (Lipinski definition) is 3. The number of hydrogen-bond acceptors (Lipinski definition) is 4. The molecule has 0 fully saturated rings. The maximum atomic E-state index is 11.3. The van der Waals surface area contributed by atoms with E-state index in [0.29, 0.717) is 12.5 Å². The zero-order valence-electron chi connectivity index (χ0n) is 12.7. The number of anilines is 1. The van der Waals surface area contributed by atoms with E-state index in [1.807, 2.05) is 24.3 Å². The monoisotopic (exact) mass is 297 g/mol. The van der Waals surface area contributed by atoms with Gasteiger partial charge < -0.3 is 15.3 Å². The van der Waals surface area contributed by atoms with Crippen LogP contribution in [0.2, 0.25) is 0 Å². The quantitative estimate of drug-likeness (QED) is 0.675. The summed E-state index contributed by atoms with van der Waals surface area (Å²) in [5, 5.41) is 3.26. The minimum atomic E-state index is -0.188. The second kappa shape index (κ2) is 6.01. The Balaban J connectivity index is 1.79. The third kappa shape index (κ3) is 3.00. The summed E-state index contributed by atoms with van der Waals surface area (Å²) in [7, 11) is 0. The van der Waals surface area contributed by atoms with Gasteiger partial charge in [-0.2, -0.15) is 0 Å². The molecule has 3 rings (SSSR count). The van der Waals surface area contributed by atoms with Crippen molar-refractivity contribution in [3.63, 3.8) is 0 Å². The van der Waals surface area contributed by atoms with Crippen molar-refractivity contribution < 1.29 is 0 Å². The molecule has 0 unspecified atom stereocenters. The van der Waals surface area contributed by atoms with Gasteiger partial charge in [-0.3, -0.25) is 0 Å². The molecule has 2 heterocycles. The second-order valence-corrected chi connectivity index (χ2v) is 5.19. The van der Waals surface area contributed by atoms with Gasteiger partial charge in [0.2, 0.25) is 5.95 Å². The van der Waals surface area contributed by atoms with E-state index < -0.39 is 0 Å². The fourth-order valence-corrected chi connectivity index (χ4v) is 2.37. The molecule has 0 amide bonds. The van der Waals surface area contributed by atoms with E-state index in [2.05, 4.69) is 39.1 Å². The first-order valence-corrected chi connectivity index (χ1v) is 7.49. The van der Waals surface area contributed by atoms with Crippen molar-refractivity contribution in [1.82, 2.24) is 19.9 Å². The van der Waals surface area contributed by atoms with E-state index in [4.69, 9.17) is 0 Å². The summed E-state index contributed by atoms with van der Waals surface area (Å²) in [4.78, 5) is 25.8. The number of nitrogens with one attached hydrogen (secondary N) is 3. The Morgan fingerprint density at radius 1 is 1.00 bits per heavy atom. The van der Waals surface area contributed by atoms with E-state index in [9.17, 15) is 4.79 Å². The van der Waals surface area contributed by atoms with Crippen LogP contribution < -0.4 is 11.0 Å². The fourth-order valence-electron chi connectivity index (χ4n) is 2.37. The molecule has 0 radical (unpaired) electrons. The van der Waals surface area contributed by atoms with Crippen LogP contribution in [0.15, 0.2) is 29.1 Å². The standard InChI is InChI=1S/C16H19N5O/c1-3-11-8-12(4-2)19-15(18-11)17-9-10-5-6-13-14(7-10)21-16(22)20-13/h5-8H,3-4,9H2,1-2H3,(H,17,18,19)(H2,20,21,22). The summed E-state index contributed by atoms with van der Waals surface area (Å²) < 4.78 is 0. The van der Waals surface area contributed by atoms with Crippen molar-refractivity contribution >= 4 is 17.0 Å². The van der Waals surface area contributed by atoms with Crippen molar-refractivity contribution in [2.24, 2.45) is 0 Å². The highest BCUT2D eigenvalue weighted by Crippen LogP contribution is 2.12. The van der Waals surface area contributed by atoms with Gasteiger partial charge in [-0.15, -0.1) is 0 Å². The molecule has 0 aliphatic heterocycles. The molecule has 22 heavy (non-hydrogen) atoms. The van der Waals surface area contributed by atoms with Gasteiger partial charge in [0.1, 0.15) is 0 Å². The zero-order valence-corrected chi connectivity index (χ0v) is 12.7. The smallest absolute Gasteiger partial charge is 0.323 e. The van der Waals surface area contributed by atoms with Crippen LogP contribution in [-0.4, -0.2) is 19.9 Å². The topological polar surface area (TPSA) is 86.5 Å². The maximum absolute atomic E-state index is 11.3. The first-order valence-electron chi connectivity index (χ1n) is 7.49. The van der Waals surface area contributed by atoms with E-state index in [1.165, 1.54) is 0 Å². The number of aromatic amines is 2. The first-order chi connectivity index (χ1) is 10.7. The van der Waals surface area contributed by atoms with Gasteiger partial charge in [0, 0.05) is 17.9 Å². The third-order valence-corrected chi connectivity index (χ3v) is 3.59. The lowest BCUT2D eigenvalue weighted by Crippen LogP contribution is -2.07. The van der Waals surface area contributed by atoms with Crippen LogP contribution in [0.25, 0.3) is 11.0 Å². The third-order valence-electron chi connectivity index (χ3n) is 3.59. The minimum Gasteiger partial charge on any atom is -0.350 e. The summed E-state index contributed by atoms with van der Waals surface area (Å²) in [5.41, 5.74) is 4.57. The average molecular weight is 297 g/mol. The number of aryl methyl sites for hydroxylation is 2. The number of H-pyrrole nitrogens is 2. The number of benzene rings is 1. The maximum Gasteiger partial charge on any atom is 0.323 e. The Hall–Kier alpha value is -2.63. The molecule has 3 aromatic rings. The molecule has 3 N–H and O–H groups in total. The van der Waals surface area contributed by atoms with Gasteiger partial charge >= 0.3 is 5.69 Å². The van der Waals surface area contributed by atoms with Gasteiger partial charge in [0.25, 0.3) is 0 Å². The van der Waals surface area contributed by atoms with Crippen LogP contribution >= 0.6 is 0 Å². The zero-order chi connectivity index (χ0) is 15.5. The second-order valence-electron chi connectivity index (χ2n) is 5.19. The summed E-state index contributed by atoms with van der Waals surface area (Å²) >= 11 is 0. The molecule has 0 aliphatic carbocycles. The molecule has 0 atom stereocenters. The molecule has 114 valence electrons. The highest BCUT2D eigenvalue weighted by atomic mass is 16.1. The summed E-state index contributed by atoms with van der Waals surface area (Å²) in [6.07, 6.45) is 1.78. The number of fused-ring (bicyclic) bond motifs is 1. The molecule has 0 spiro atoms. The molecule has 0 aliphatic rings. The van der Waals surface area contributed by atoms with E-state index in [-0.39, 0.29) is 5.69 Å². The van der Waals surface area contributed by atoms with Gasteiger partial charge in [-0.25, -0.2) is 14.8 Å². The lowest BCUT2D eigenvalue weighted by atomic mass is 10.2. The Bertz CT molecular complexity index is 827. The normalized spacial score (nSPS) is 11.0. The van der Waals surface area contributed by atoms with Crippen LogP contribution in [0.5, 0.6) is 0 Å². The van der Waals surface area contributed by atoms with Crippen LogP contribution in [0, 0.1) is 0 Å². The van der Waals surface area contributed by atoms with Crippen molar-refractivity contribution in [2.75, 3.05) is 5.32 Å². The molecule has 0 saturated carbocycles. The van der Waals surface area contributed by atoms with Crippen LogP contribution in [0.4, 0.5) is 5.95 Å². The molecule has 0 saturated heterocycles. The lowest BCUT2D eigenvalue weighted by Gasteiger charge is -2.08. The predicted octanol–water partition coefficient (Wildman–Crippen LogP) is 2.38. The van der Waals surface area contributed by atoms with E-state index in [1.54, 1.807) is 0 Å². The highest BCUT2D eigenvalue weighted by molar-refractivity contribution is 5.75.